The SMILES string of the molecule is C=C(CBr)c1cccc(S(C)(=O)=O)c1. The van der Waals surface area contributed by atoms with Gasteiger partial charge in [0.25, 0.3) is 0 Å². The topological polar surface area (TPSA) is 34.1 Å². The monoisotopic (exact) mass is 274 g/mol. The van der Waals surface area contributed by atoms with Crippen LogP contribution in [0, 0.1) is 0 Å². The molecule has 0 atom stereocenters. The van der Waals surface area contributed by atoms with Gasteiger partial charge in [-0.3, -0.25) is 0 Å². The standard InChI is InChI=1S/C10H11BrO2S/c1-8(7-11)9-4-3-5-10(6-9)14(2,12)13/h3-6H,1,7H2,2H3. The van der Waals surface area contributed by atoms with Crippen molar-refractivity contribution in [2.24, 2.45) is 0 Å². The van der Waals surface area contributed by atoms with Crippen LogP contribution >= 0.6 is 15.9 Å². The van der Waals surface area contributed by atoms with Crippen LogP contribution in [0.1, 0.15) is 5.56 Å². The maximum atomic E-state index is 11.3. The Labute approximate surface area is 92.7 Å². The zero-order valence-electron chi connectivity index (χ0n) is 7.83. The van der Waals surface area contributed by atoms with E-state index in [-0.39, 0.29) is 0 Å². The van der Waals surface area contributed by atoms with Gasteiger partial charge in [-0.15, -0.1) is 0 Å². The Balaban J connectivity index is 3.21. The minimum atomic E-state index is -3.12. The number of benzene rings is 1. The van der Waals surface area contributed by atoms with Crippen LogP contribution in [0.2, 0.25) is 0 Å². The molecular formula is C10H11BrO2S. The Bertz CT molecular complexity index is 449. The maximum Gasteiger partial charge on any atom is 0.175 e. The molecule has 0 radical (unpaired) electrons. The molecule has 0 spiro atoms. The molecule has 1 aromatic rings. The van der Waals surface area contributed by atoms with Gasteiger partial charge in [0, 0.05) is 11.6 Å². The highest BCUT2D eigenvalue weighted by Gasteiger charge is 2.07. The van der Waals surface area contributed by atoms with Gasteiger partial charge >= 0.3 is 0 Å². The molecule has 1 rings (SSSR count). The molecule has 0 heterocycles. The zero-order valence-corrected chi connectivity index (χ0v) is 10.2. The van der Waals surface area contributed by atoms with Crippen LogP contribution in [0.15, 0.2) is 35.7 Å². The second-order valence-corrected chi connectivity index (χ2v) is 5.61. The number of alkyl halides is 1. The van der Waals surface area contributed by atoms with E-state index >= 15 is 0 Å². The molecule has 0 aliphatic rings. The van der Waals surface area contributed by atoms with Crippen molar-refractivity contribution >= 4 is 31.3 Å². The summed E-state index contributed by atoms with van der Waals surface area (Å²) in [7, 11) is -3.12. The second-order valence-electron chi connectivity index (χ2n) is 3.04. The Hall–Kier alpha value is -0.610. The first-order valence-corrected chi connectivity index (χ1v) is 7.00. The lowest BCUT2D eigenvalue weighted by molar-refractivity contribution is 0.602. The van der Waals surface area contributed by atoms with Crippen molar-refractivity contribution in [1.29, 1.82) is 0 Å². The molecule has 2 nitrogen and oxygen atoms in total. The highest BCUT2D eigenvalue weighted by atomic mass is 79.9. The molecule has 0 amide bonds. The van der Waals surface area contributed by atoms with Gasteiger partial charge in [-0.1, -0.05) is 34.6 Å². The molecule has 1 aromatic carbocycles. The predicted octanol–water partition coefficient (Wildman–Crippen LogP) is 2.50. The Kier molecular flexibility index (Phi) is 3.50. The minimum Gasteiger partial charge on any atom is -0.224 e. The second kappa shape index (κ2) is 4.28. The first-order valence-electron chi connectivity index (χ1n) is 3.99. The summed E-state index contributed by atoms with van der Waals surface area (Å²) in [6.07, 6.45) is 1.20. The molecule has 0 aromatic heterocycles. The minimum absolute atomic E-state index is 0.331. The Morgan fingerprint density at radius 2 is 2.14 bits per heavy atom. The summed E-state index contributed by atoms with van der Waals surface area (Å²) in [5.41, 5.74) is 1.72. The molecular weight excluding hydrogens is 264 g/mol. The Morgan fingerprint density at radius 3 is 2.64 bits per heavy atom. The molecule has 0 N–H and O–H groups in total. The Morgan fingerprint density at radius 1 is 1.50 bits per heavy atom. The summed E-state index contributed by atoms with van der Waals surface area (Å²) >= 11 is 3.28. The lowest BCUT2D eigenvalue weighted by Gasteiger charge is -2.04. The molecule has 0 aliphatic heterocycles. The average molecular weight is 275 g/mol. The highest BCUT2D eigenvalue weighted by Crippen LogP contribution is 2.18. The zero-order chi connectivity index (χ0) is 10.8. The quantitative estimate of drug-likeness (QED) is 0.794. The van der Waals surface area contributed by atoms with E-state index in [2.05, 4.69) is 22.5 Å². The average Bonchev–Trinajstić information content (AvgIpc) is 2.15. The molecule has 14 heavy (non-hydrogen) atoms. The summed E-state index contributed by atoms with van der Waals surface area (Å²) in [6.45, 7) is 3.82. The van der Waals surface area contributed by atoms with Crippen molar-refractivity contribution in [2.75, 3.05) is 11.6 Å². The number of hydrogen-bond acceptors (Lipinski definition) is 2. The van der Waals surface area contributed by atoms with E-state index in [9.17, 15) is 8.42 Å². The fourth-order valence-electron chi connectivity index (χ4n) is 1.02. The molecule has 4 heteroatoms. The van der Waals surface area contributed by atoms with E-state index in [1.807, 2.05) is 6.07 Å². The summed E-state index contributed by atoms with van der Waals surface area (Å²) in [5.74, 6) is 0. The first kappa shape index (κ1) is 11.5. The van der Waals surface area contributed by atoms with Crippen molar-refractivity contribution in [3.63, 3.8) is 0 Å². The van der Waals surface area contributed by atoms with E-state index in [1.165, 1.54) is 6.26 Å². The molecule has 0 bridgehead atoms. The molecule has 0 unspecified atom stereocenters. The molecule has 0 saturated carbocycles. The molecule has 0 aliphatic carbocycles. The van der Waals surface area contributed by atoms with Crippen LogP contribution in [0.3, 0.4) is 0 Å². The van der Waals surface area contributed by atoms with Gasteiger partial charge in [0.2, 0.25) is 0 Å². The van der Waals surface area contributed by atoms with Crippen LogP contribution in [0.4, 0.5) is 0 Å². The highest BCUT2D eigenvalue weighted by molar-refractivity contribution is 9.09. The van der Waals surface area contributed by atoms with Crippen molar-refractivity contribution in [2.45, 2.75) is 4.90 Å². The van der Waals surface area contributed by atoms with Crippen molar-refractivity contribution in [3.05, 3.63) is 36.4 Å². The van der Waals surface area contributed by atoms with Gasteiger partial charge in [0.05, 0.1) is 4.90 Å². The van der Waals surface area contributed by atoms with Crippen LogP contribution < -0.4 is 0 Å². The third kappa shape index (κ3) is 2.69. The van der Waals surface area contributed by atoms with E-state index < -0.39 is 9.84 Å². The summed E-state index contributed by atoms with van der Waals surface area (Å²) in [4.78, 5) is 0.331. The van der Waals surface area contributed by atoms with Gasteiger partial charge in [0.1, 0.15) is 0 Å². The number of allylic oxidation sites excluding steroid dienone is 1. The van der Waals surface area contributed by atoms with Gasteiger partial charge in [0.15, 0.2) is 9.84 Å². The van der Waals surface area contributed by atoms with E-state index in [4.69, 9.17) is 0 Å². The van der Waals surface area contributed by atoms with Gasteiger partial charge < -0.3 is 0 Å². The largest absolute Gasteiger partial charge is 0.224 e. The van der Waals surface area contributed by atoms with E-state index in [1.54, 1.807) is 18.2 Å². The van der Waals surface area contributed by atoms with Crippen molar-refractivity contribution in [3.8, 4) is 0 Å². The van der Waals surface area contributed by atoms with Gasteiger partial charge in [-0.05, 0) is 23.3 Å². The maximum absolute atomic E-state index is 11.3. The van der Waals surface area contributed by atoms with Crippen molar-refractivity contribution < 1.29 is 8.42 Å². The number of sulfone groups is 1. The lowest BCUT2D eigenvalue weighted by Crippen LogP contribution is -1.97. The van der Waals surface area contributed by atoms with Crippen LogP contribution in [0.25, 0.3) is 5.57 Å². The first-order chi connectivity index (χ1) is 6.45. The fourth-order valence-corrected chi connectivity index (χ4v) is 2.01. The third-order valence-electron chi connectivity index (χ3n) is 1.83. The van der Waals surface area contributed by atoms with Gasteiger partial charge in [-0.2, -0.15) is 0 Å². The van der Waals surface area contributed by atoms with Crippen LogP contribution in [-0.2, 0) is 9.84 Å². The van der Waals surface area contributed by atoms with Crippen molar-refractivity contribution in [1.82, 2.24) is 0 Å². The summed E-state index contributed by atoms with van der Waals surface area (Å²) in [6, 6.07) is 6.79. The van der Waals surface area contributed by atoms with Crippen LogP contribution in [0.5, 0.6) is 0 Å². The predicted molar refractivity (Wildman–Crippen MR) is 62.4 cm³/mol. The third-order valence-corrected chi connectivity index (χ3v) is 3.62. The molecule has 0 fully saturated rings. The van der Waals surface area contributed by atoms with E-state index in [0.717, 1.165) is 11.1 Å². The number of halogens is 1. The number of rotatable bonds is 3. The van der Waals surface area contributed by atoms with Gasteiger partial charge in [-0.25, -0.2) is 8.42 Å². The summed E-state index contributed by atoms with van der Waals surface area (Å²) in [5, 5.41) is 0.639. The molecule has 76 valence electrons. The summed E-state index contributed by atoms with van der Waals surface area (Å²) < 4.78 is 22.5. The van der Waals surface area contributed by atoms with E-state index in [0.29, 0.717) is 10.2 Å². The lowest BCUT2D eigenvalue weighted by atomic mass is 10.1. The fraction of sp³-hybridized carbons (Fsp3) is 0.200. The van der Waals surface area contributed by atoms with Crippen LogP contribution in [-0.4, -0.2) is 20.0 Å². The number of hydrogen-bond donors (Lipinski definition) is 0. The normalized spacial score (nSPS) is 11.3. The smallest absolute Gasteiger partial charge is 0.175 e. The molecule has 0 saturated heterocycles.